The highest BCUT2D eigenvalue weighted by Crippen LogP contribution is 2.15. The fraction of sp³-hybridized carbons (Fsp3) is 0.971. The number of hydrogen-bond donors (Lipinski definition) is 0. The molecule has 1 amide bonds. The van der Waals surface area contributed by atoms with Gasteiger partial charge in [0.15, 0.2) is 0 Å². The maximum Gasteiger partial charge on any atom is 0.232 e. The molecule has 40 heavy (non-hydrogen) atoms. The minimum Gasteiger partial charge on any atom is -0.382 e. The summed E-state index contributed by atoms with van der Waals surface area (Å²) in [4.78, 5) is 15.2. The predicted octanol–water partition coefficient (Wildman–Crippen LogP) is 10.6. The Morgan fingerprint density at radius 2 is 0.900 bits per heavy atom. The van der Waals surface area contributed by atoms with Crippen LogP contribution in [0.25, 0.3) is 0 Å². The molecule has 0 bridgehead atoms. The van der Waals surface area contributed by atoms with Gasteiger partial charge in [0.05, 0.1) is 25.6 Å². The molecular weight excluding hydrogens is 514 g/mol. The van der Waals surface area contributed by atoms with Crippen LogP contribution < -0.4 is 0 Å². The maximum atomic E-state index is 13.0. The van der Waals surface area contributed by atoms with E-state index < -0.39 is 0 Å². The van der Waals surface area contributed by atoms with E-state index in [9.17, 15) is 4.79 Å². The quantitative estimate of drug-likeness (QED) is 0.0704. The van der Waals surface area contributed by atoms with Gasteiger partial charge in [-0.3, -0.25) is 4.79 Å². The standard InChI is InChI=1S/C35H71NO3S/c1-4-6-8-10-12-14-16-18-20-22-24-26-28-36(35(37)34-40-33-32-39-31-30-38-3)29-27-25-23-21-19-17-15-13-11-9-7-5-2/h4-34H2,1-3H3. The molecule has 4 nitrogen and oxygen atoms in total. The molecule has 0 aliphatic heterocycles. The minimum absolute atomic E-state index is 0.327. The van der Waals surface area contributed by atoms with Crippen molar-refractivity contribution < 1.29 is 14.3 Å². The molecule has 0 aliphatic rings. The second-order valence-corrected chi connectivity index (χ2v) is 12.9. The highest BCUT2D eigenvalue weighted by molar-refractivity contribution is 7.99. The summed E-state index contributed by atoms with van der Waals surface area (Å²) in [5, 5.41) is 0. The van der Waals surface area contributed by atoms with Gasteiger partial charge < -0.3 is 14.4 Å². The van der Waals surface area contributed by atoms with Crippen LogP contribution in [0.1, 0.15) is 168 Å². The molecule has 0 aromatic rings. The first kappa shape index (κ1) is 39.7. The van der Waals surface area contributed by atoms with Crippen molar-refractivity contribution in [2.45, 2.75) is 168 Å². The number of ether oxygens (including phenoxy) is 2. The Balaban J connectivity index is 4.01. The Bertz CT molecular complexity index is 463. The normalized spacial score (nSPS) is 11.4. The molecule has 0 saturated carbocycles. The van der Waals surface area contributed by atoms with Gasteiger partial charge in [-0.05, 0) is 12.8 Å². The average molecular weight is 586 g/mol. The van der Waals surface area contributed by atoms with Crippen molar-refractivity contribution in [3.05, 3.63) is 0 Å². The molecule has 0 rings (SSSR count). The summed E-state index contributed by atoms with van der Waals surface area (Å²) >= 11 is 1.71. The van der Waals surface area contributed by atoms with Crippen molar-refractivity contribution in [3.8, 4) is 0 Å². The van der Waals surface area contributed by atoms with E-state index in [1.165, 1.54) is 141 Å². The Kier molecular flexibility index (Phi) is 34.7. The van der Waals surface area contributed by atoms with Crippen LogP contribution in [0.5, 0.6) is 0 Å². The Morgan fingerprint density at radius 3 is 1.27 bits per heavy atom. The summed E-state index contributed by atoms with van der Waals surface area (Å²) in [6.45, 7) is 8.42. The monoisotopic (exact) mass is 586 g/mol. The molecular formula is C35H71NO3S. The van der Waals surface area contributed by atoms with Gasteiger partial charge in [-0.1, -0.05) is 155 Å². The third-order valence-electron chi connectivity index (χ3n) is 7.95. The lowest BCUT2D eigenvalue weighted by Gasteiger charge is -2.23. The molecule has 0 aromatic carbocycles. The molecule has 0 aromatic heterocycles. The molecule has 5 heteroatoms. The van der Waals surface area contributed by atoms with E-state index in [1.807, 2.05) is 0 Å². The number of nitrogens with zero attached hydrogens (tertiary/aromatic N) is 1. The van der Waals surface area contributed by atoms with E-state index in [-0.39, 0.29) is 0 Å². The van der Waals surface area contributed by atoms with Crippen molar-refractivity contribution in [2.75, 3.05) is 51.5 Å². The number of amides is 1. The van der Waals surface area contributed by atoms with Crippen molar-refractivity contribution in [1.82, 2.24) is 4.90 Å². The molecule has 0 unspecified atom stereocenters. The van der Waals surface area contributed by atoms with Crippen LogP contribution in [-0.4, -0.2) is 62.3 Å². The average Bonchev–Trinajstić information content (AvgIpc) is 2.96. The van der Waals surface area contributed by atoms with Crippen molar-refractivity contribution >= 4 is 17.7 Å². The number of hydrogen-bond acceptors (Lipinski definition) is 4. The first-order chi connectivity index (χ1) is 19.8. The van der Waals surface area contributed by atoms with Gasteiger partial charge >= 0.3 is 0 Å². The maximum absolute atomic E-state index is 13.0. The van der Waals surface area contributed by atoms with Gasteiger partial charge in [0.1, 0.15) is 0 Å². The molecule has 0 radical (unpaired) electrons. The third-order valence-corrected chi connectivity index (χ3v) is 8.85. The van der Waals surface area contributed by atoms with Crippen LogP contribution in [0, 0.1) is 0 Å². The predicted molar refractivity (Wildman–Crippen MR) is 179 cm³/mol. The van der Waals surface area contributed by atoms with E-state index >= 15 is 0 Å². The minimum atomic E-state index is 0.327. The summed E-state index contributed by atoms with van der Waals surface area (Å²) in [6, 6.07) is 0. The Hall–Kier alpha value is -0.260. The molecule has 0 fully saturated rings. The highest BCUT2D eigenvalue weighted by atomic mass is 32.2. The van der Waals surface area contributed by atoms with E-state index in [4.69, 9.17) is 9.47 Å². The Labute approximate surface area is 255 Å². The van der Waals surface area contributed by atoms with Gasteiger partial charge in [0.25, 0.3) is 0 Å². The van der Waals surface area contributed by atoms with E-state index in [1.54, 1.807) is 18.9 Å². The zero-order chi connectivity index (χ0) is 29.2. The number of rotatable bonds is 34. The summed E-state index contributed by atoms with van der Waals surface area (Å²) in [6.07, 6.45) is 32.7. The fourth-order valence-corrected chi connectivity index (χ4v) is 6.00. The van der Waals surface area contributed by atoms with Crippen LogP contribution in [-0.2, 0) is 14.3 Å². The first-order valence-electron chi connectivity index (χ1n) is 17.7. The molecule has 240 valence electrons. The number of thioether (sulfide) groups is 1. The number of methoxy groups -OCH3 is 1. The molecule has 0 atom stereocenters. The molecule has 0 heterocycles. The second-order valence-electron chi connectivity index (χ2n) is 11.8. The molecule has 0 aliphatic carbocycles. The van der Waals surface area contributed by atoms with Gasteiger partial charge in [0, 0.05) is 26.0 Å². The van der Waals surface area contributed by atoms with Crippen molar-refractivity contribution in [3.63, 3.8) is 0 Å². The van der Waals surface area contributed by atoms with Crippen molar-refractivity contribution in [1.29, 1.82) is 0 Å². The lowest BCUT2D eigenvalue weighted by atomic mass is 10.0. The van der Waals surface area contributed by atoms with Crippen molar-refractivity contribution in [2.24, 2.45) is 0 Å². The van der Waals surface area contributed by atoms with E-state index in [2.05, 4.69) is 18.7 Å². The SMILES string of the molecule is CCCCCCCCCCCCCCN(CCCCCCCCCCCCCC)C(=O)CSCCOCCOC. The zero-order valence-corrected chi connectivity index (χ0v) is 28.3. The largest absolute Gasteiger partial charge is 0.382 e. The molecule has 0 saturated heterocycles. The summed E-state index contributed by atoms with van der Waals surface area (Å²) < 4.78 is 10.6. The van der Waals surface area contributed by atoms with Crippen LogP contribution >= 0.6 is 11.8 Å². The van der Waals surface area contributed by atoms with Gasteiger partial charge in [0.2, 0.25) is 5.91 Å². The second kappa shape index (κ2) is 34.9. The lowest BCUT2D eigenvalue weighted by molar-refractivity contribution is -0.128. The fourth-order valence-electron chi connectivity index (χ4n) is 5.26. The molecule has 0 N–H and O–H groups in total. The number of carbonyl (C=O) groups excluding carboxylic acids is 1. The van der Waals surface area contributed by atoms with Crippen LogP contribution in [0.4, 0.5) is 0 Å². The van der Waals surface area contributed by atoms with Crippen LogP contribution in [0.15, 0.2) is 0 Å². The number of carbonyl (C=O) groups is 1. The van der Waals surface area contributed by atoms with E-state index in [0.717, 1.165) is 31.7 Å². The number of unbranched alkanes of at least 4 members (excludes halogenated alkanes) is 22. The third kappa shape index (κ3) is 30.7. The van der Waals surface area contributed by atoms with Gasteiger partial charge in [-0.15, -0.1) is 11.8 Å². The molecule has 0 spiro atoms. The van der Waals surface area contributed by atoms with Gasteiger partial charge in [-0.2, -0.15) is 0 Å². The van der Waals surface area contributed by atoms with Gasteiger partial charge in [-0.25, -0.2) is 0 Å². The van der Waals surface area contributed by atoms with E-state index in [0.29, 0.717) is 31.5 Å². The topological polar surface area (TPSA) is 38.8 Å². The smallest absolute Gasteiger partial charge is 0.232 e. The summed E-state index contributed by atoms with van der Waals surface area (Å²) in [7, 11) is 1.69. The summed E-state index contributed by atoms with van der Waals surface area (Å²) in [5.41, 5.74) is 0. The highest BCUT2D eigenvalue weighted by Gasteiger charge is 2.13. The van der Waals surface area contributed by atoms with Crippen LogP contribution in [0.2, 0.25) is 0 Å². The Morgan fingerprint density at radius 1 is 0.525 bits per heavy atom. The summed E-state index contributed by atoms with van der Waals surface area (Å²) in [5.74, 6) is 1.79. The zero-order valence-electron chi connectivity index (χ0n) is 27.5. The first-order valence-corrected chi connectivity index (χ1v) is 18.8. The van der Waals surface area contributed by atoms with Crippen LogP contribution in [0.3, 0.4) is 0 Å². The lowest BCUT2D eigenvalue weighted by Crippen LogP contribution is -2.34.